The Bertz CT molecular complexity index is 332. The van der Waals surface area contributed by atoms with Gasteiger partial charge in [-0.1, -0.05) is 20.8 Å². The third-order valence-corrected chi connectivity index (χ3v) is 3.25. The number of nitrogens with one attached hydrogen (secondary N) is 1. The van der Waals surface area contributed by atoms with Gasteiger partial charge in [0.25, 0.3) is 0 Å². The summed E-state index contributed by atoms with van der Waals surface area (Å²) >= 11 is 0. The van der Waals surface area contributed by atoms with Crippen molar-refractivity contribution in [3.05, 3.63) is 17.5 Å². The van der Waals surface area contributed by atoms with Crippen molar-refractivity contribution in [2.45, 2.75) is 45.4 Å². The molecule has 1 aromatic rings. The number of H-pyrrole nitrogens is 1. The van der Waals surface area contributed by atoms with E-state index in [1.54, 1.807) is 0 Å². The Balaban J connectivity index is 1.97. The zero-order chi connectivity index (χ0) is 11.6. The molecular weight excluding hydrogens is 200 g/mol. The van der Waals surface area contributed by atoms with Crippen LogP contribution >= 0.6 is 0 Å². The van der Waals surface area contributed by atoms with Crippen LogP contribution in [0.1, 0.15) is 45.0 Å². The molecule has 0 aliphatic carbocycles. The summed E-state index contributed by atoms with van der Waals surface area (Å²) in [5.74, 6) is 0.766. The van der Waals surface area contributed by atoms with E-state index in [9.17, 15) is 0 Å². The molecule has 1 saturated heterocycles. The van der Waals surface area contributed by atoms with Gasteiger partial charge >= 0.3 is 0 Å². The Morgan fingerprint density at radius 3 is 2.62 bits per heavy atom. The standard InChI is InChI=1S/C13H22N2O/c1-13(2,3)12-9-11(14-15-12)8-10-4-6-16-7-5-10/h9-10H,4-8H2,1-3H3,(H,14,15). The molecule has 3 heteroatoms. The van der Waals surface area contributed by atoms with Crippen LogP contribution < -0.4 is 0 Å². The molecule has 16 heavy (non-hydrogen) atoms. The highest BCUT2D eigenvalue weighted by Gasteiger charge is 2.19. The van der Waals surface area contributed by atoms with Crippen LogP contribution in [-0.2, 0) is 16.6 Å². The summed E-state index contributed by atoms with van der Waals surface area (Å²) in [5.41, 5.74) is 2.58. The Labute approximate surface area is 97.6 Å². The van der Waals surface area contributed by atoms with Gasteiger partial charge in [-0.2, -0.15) is 5.10 Å². The molecule has 1 aliphatic rings. The van der Waals surface area contributed by atoms with Crippen LogP contribution in [0.3, 0.4) is 0 Å². The van der Waals surface area contributed by atoms with Crippen LogP contribution in [0.2, 0.25) is 0 Å². The van der Waals surface area contributed by atoms with E-state index in [-0.39, 0.29) is 5.41 Å². The van der Waals surface area contributed by atoms with Crippen LogP contribution in [0, 0.1) is 5.92 Å². The summed E-state index contributed by atoms with van der Waals surface area (Å²) in [6.07, 6.45) is 3.49. The minimum Gasteiger partial charge on any atom is -0.381 e. The quantitative estimate of drug-likeness (QED) is 0.835. The third kappa shape index (κ3) is 2.85. The van der Waals surface area contributed by atoms with E-state index < -0.39 is 0 Å². The summed E-state index contributed by atoms with van der Waals surface area (Å²) in [4.78, 5) is 0. The highest BCUT2D eigenvalue weighted by Crippen LogP contribution is 2.23. The topological polar surface area (TPSA) is 37.9 Å². The van der Waals surface area contributed by atoms with Gasteiger partial charge in [-0.3, -0.25) is 5.10 Å². The fourth-order valence-electron chi connectivity index (χ4n) is 2.11. The number of ether oxygens (including phenoxy) is 1. The molecule has 1 fully saturated rings. The van der Waals surface area contributed by atoms with E-state index >= 15 is 0 Å². The third-order valence-electron chi connectivity index (χ3n) is 3.25. The fraction of sp³-hybridized carbons (Fsp3) is 0.769. The predicted octanol–water partition coefficient (Wildman–Crippen LogP) is 2.68. The first-order valence-corrected chi connectivity index (χ1v) is 6.18. The lowest BCUT2D eigenvalue weighted by atomic mass is 9.90. The van der Waals surface area contributed by atoms with Crippen molar-refractivity contribution in [3.8, 4) is 0 Å². The van der Waals surface area contributed by atoms with Gasteiger partial charge in [0.05, 0.1) is 5.69 Å². The van der Waals surface area contributed by atoms with Gasteiger partial charge in [0, 0.05) is 24.3 Å². The summed E-state index contributed by atoms with van der Waals surface area (Å²) in [6.45, 7) is 8.43. The second-order valence-corrected chi connectivity index (χ2v) is 5.79. The van der Waals surface area contributed by atoms with Crippen molar-refractivity contribution >= 4 is 0 Å². The maximum Gasteiger partial charge on any atom is 0.0678 e. The van der Waals surface area contributed by atoms with Crippen LogP contribution in [-0.4, -0.2) is 23.4 Å². The van der Waals surface area contributed by atoms with E-state index in [0.29, 0.717) is 0 Å². The van der Waals surface area contributed by atoms with Gasteiger partial charge < -0.3 is 4.74 Å². The molecular formula is C13H22N2O. The summed E-state index contributed by atoms with van der Waals surface area (Å²) < 4.78 is 5.37. The number of hydrogen-bond donors (Lipinski definition) is 1. The van der Waals surface area contributed by atoms with Gasteiger partial charge in [-0.25, -0.2) is 0 Å². The zero-order valence-electron chi connectivity index (χ0n) is 10.5. The highest BCUT2D eigenvalue weighted by molar-refractivity contribution is 5.16. The molecule has 0 saturated carbocycles. The summed E-state index contributed by atoms with van der Waals surface area (Å²) in [7, 11) is 0. The molecule has 90 valence electrons. The Hall–Kier alpha value is -0.830. The van der Waals surface area contributed by atoms with Crippen molar-refractivity contribution in [1.29, 1.82) is 0 Å². The molecule has 1 aliphatic heterocycles. The van der Waals surface area contributed by atoms with Crippen molar-refractivity contribution in [2.24, 2.45) is 5.92 Å². The monoisotopic (exact) mass is 222 g/mol. The van der Waals surface area contributed by atoms with Crippen LogP contribution in [0.15, 0.2) is 6.07 Å². The minimum absolute atomic E-state index is 0.143. The molecule has 0 aromatic carbocycles. The summed E-state index contributed by atoms with van der Waals surface area (Å²) in [6, 6.07) is 2.22. The number of nitrogens with zero attached hydrogens (tertiary/aromatic N) is 1. The maximum absolute atomic E-state index is 5.37. The van der Waals surface area contributed by atoms with Gasteiger partial charge in [-0.15, -0.1) is 0 Å². The molecule has 0 atom stereocenters. The van der Waals surface area contributed by atoms with Crippen molar-refractivity contribution in [1.82, 2.24) is 10.2 Å². The molecule has 0 unspecified atom stereocenters. The number of aromatic amines is 1. The predicted molar refractivity (Wildman–Crippen MR) is 64.5 cm³/mol. The van der Waals surface area contributed by atoms with Gasteiger partial charge in [-0.05, 0) is 31.2 Å². The largest absolute Gasteiger partial charge is 0.381 e. The van der Waals surface area contributed by atoms with Crippen LogP contribution in [0.5, 0.6) is 0 Å². The SMILES string of the molecule is CC(C)(C)c1cc(CC2CCOCC2)[nH]n1. The average Bonchev–Trinajstić information content (AvgIpc) is 2.67. The molecule has 2 rings (SSSR count). The minimum atomic E-state index is 0.143. The molecule has 0 radical (unpaired) electrons. The highest BCUT2D eigenvalue weighted by atomic mass is 16.5. The lowest BCUT2D eigenvalue weighted by Gasteiger charge is -2.21. The second-order valence-electron chi connectivity index (χ2n) is 5.79. The van der Waals surface area contributed by atoms with E-state index in [0.717, 1.165) is 31.2 Å². The normalized spacial score (nSPS) is 18.9. The molecule has 0 spiro atoms. The van der Waals surface area contributed by atoms with E-state index in [2.05, 4.69) is 37.0 Å². The molecule has 2 heterocycles. The van der Waals surface area contributed by atoms with Crippen molar-refractivity contribution < 1.29 is 4.74 Å². The maximum atomic E-state index is 5.37. The molecule has 1 N–H and O–H groups in total. The lowest BCUT2D eigenvalue weighted by Crippen LogP contribution is -2.17. The van der Waals surface area contributed by atoms with E-state index in [1.807, 2.05) is 0 Å². The zero-order valence-corrected chi connectivity index (χ0v) is 10.5. The van der Waals surface area contributed by atoms with Crippen LogP contribution in [0.4, 0.5) is 0 Å². The molecule has 0 bridgehead atoms. The molecule has 0 amide bonds. The van der Waals surface area contributed by atoms with E-state index in [1.165, 1.54) is 18.5 Å². The van der Waals surface area contributed by atoms with Gasteiger partial charge in [0.2, 0.25) is 0 Å². The van der Waals surface area contributed by atoms with Gasteiger partial charge in [0.1, 0.15) is 0 Å². The smallest absolute Gasteiger partial charge is 0.0678 e. The average molecular weight is 222 g/mol. The Morgan fingerprint density at radius 1 is 1.38 bits per heavy atom. The van der Waals surface area contributed by atoms with E-state index in [4.69, 9.17) is 4.74 Å². The number of rotatable bonds is 2. The van der Waals surface area contributed by atoms with Crippen molar-refractivity contribution in [3.63, 3.8) is 0 Å². The van der Waals surface area contributed by atoms with Gasteiger partial charge in [0.15, 0.2) is 0 Å². The second kappa shape index (κ2) is 4.58. The Morgan fingerprint density at radius 2 is 2.06 bits per heavy atom. The first-order chi connectivity index (χ1) is 7.55. The fourth-order valence-corrected chi connectivity index (χ4v) is 2.11. The van der Waals surface area contributed by atoms with Crippen LogP contribution in [0.25, 0.3) is 0 Å². The number of aromatic nitrogens is 2. The molecule has 1 aromatic heterocycles. The number of hydrogen-bond acceptors (Lipinski definition) is 2. The Kier molecular flexibility index (Phi) is 3.33. The first-order valence-electron chi connectivity index (χ1n) is 6.18. The molecule has 3 nitrogen and oxygen atoms in total. The first kappa shape index (κ1) is 11.6. The van der Waals surface area contributed by atoms with Crippen molar-refractivity contribution in [2.75, 3.05) is 13.2 Å². The summed E-state index contributed by atoms with van der Waals surface area (Å²) in [5, 5.41) is 7.57. The lowest BCUT2D eigenvalue weighted by molar-refractivity contribution is 0.0662.